The normalized spacial score (nSPS) is 20.2. The van der Waals surface area contributed by atoms with E-state index in [-0.39, 0.29) is 11.8 Å². The second kappa shape index (κ2) is 6.56. The molecule has 9 heteroatoms. The SMILES string of the molecule is Cc1cc(-c2snnc2[C@@H]2CCCN(C(=O)c3cc(C4CC4)[nH]n3)C2)on1. The third-order valence-electron chi connectivity index (χ3n) is 5.29. The number of aryl methyl sites for hydroxylation is 1. The second-order valence-electron chi connectivity index (χ2n) is 7.39. The highest BCUT2D eigenvalue weighted by molar-refractivity contribution is 7.09. The molecule has 0 radical (unpaired) electrons. The van der Waals surface area contributed by atoms with Crippen LogP contribution >= 0.6 is 11.5 Å². The van der Waals surface area contributed by atoms with Gasteiger partial charge in [0.2, 0.25) is 0 Å². The Labute approximate surface area is 160 Å². The number of nitrogens with zero attached hydrogens (tertiary/aromatic N) is 5. The van der Waals surface area contributed by atoms with Gasteiger partial charge in [0, 0.05) is 36.7 Å². The number of carbonyl (C=O) groups is 1. The Kier molecular flexibility index (Phi) is 4.04. The van der Waals surface area contributed by atoms with Crippen LogP contribution in [0.25, 0.3) is 10.6 Å². The van der Waals surface area contributed by atoms with Crippen molar-refractivity contribution in [2.24, 2.45) is 0 Å². The number of likely N-dealkylation sites (tertiary alicyclic amines) is 1. The number of nitrogens with one attached hydrogen (secondary N) is 1. The summed E-state index contributed by atoms with van der Waals surface area (Å²) in [6.45, 7) is 3.26. The molecule has 0 spiro atoms. The van der Waals surface area contributed by atoms with Gasteiger partial charge in [0.05, 0.1) is 11.4 Å². The van der Waals surface area contributed by atoms with Crippen molar-refractivity contribution in [1.29, 1.82) is 0 Å². The van der Waals surface area contributed by atoms with Gasteiger partial charge in [-0.15, -0.1) is 5.10 Å². The molecule has 3 aromatic rings. The topological polar surface area (TPSA) is 101 Å². The Morgan fingerprint density at radius 1 is 1.30 bits per heavy atom. The van der Waals surface area contributed by atoms with E-state index < -0.39 is 0 Å². The van der Waals surface area contributed by atoms with Crippen molar-refractivity contribution in [3.8, 4) is 10.6 Å². The summed E-state index contributed by atoms with van der Waals surface area (Å²) in [6.07, 6.45) is 4.27. The van der Waals surface area contributed by atoms with Gasteiger partial charge in [-0.05, 0) is 50.2 Å². The first-order valence-corrected chi connectivity index (χ1v) is 10.1. The predicted octanol–water partition coefficient (Wildman–Crippen LogP) is 3.12. The van der Waals surface area contributed by atoms with Crippen LogP contribution in [0.5, 0.6) is 0 Å². The van der Waals surface area contributed by atoms with Crippen molar-refractivity contribution in [2.75, 3.05) is 13.1 Å². The van der Waals surface area contributed by atoms with Gasteiger partial charge in [0.1, 0.15) is 10.6 Å². The minimum Gasteiger partial charge on any atom is -0.355 e. The van der Waals surface area contributed by atoms with Gasteiger partial charge in [-0.2, -0.15) is 5.10 Å². The number of aromatic amines is 1. The van der Waals surface area contributed by atoms with Gasteiger partial charge >= 0.3 is 0 Å². The van der Waals surface area contributed by atoms with Crippen LogP contribution in [-0.4, -0.2) is 48.8 Å². The molecule has 27 heavy (non-hydrogen) atoms. The van der Waals surface area contributed by atoms with Crippen molar-refractivity contribution in [3.05, 3.63) is 34.9 Å². The fourth-order valence-corrected chi connectivity index (χ4v) is 4.40. The van der Waals surface area contributed by atoms with E-state index in [2.05, 4.69) is 24.9 Å². The van der Waals surface area contributed by atoms with E-state index in [1.54, 1.807) is 0 Å². The van der Waals surface area contributed by atoms with E-state index in [9.17, 15) is 4.79 Å². The molecule has 3 aromatic heterocycles. The number of amides is 1. The van der Waals surface area contributed by atoms with E-state index in [4.69, 9.17) is 4.52 Å². The molecule has 2 fully saturated rings. The molecule has 1 saturated carbocycles. The molecule has 1 saturated heterocycles. The van der Waals surface area contributed by atoms with Crippen LogP contribution in [-0.2, 0) is 0 Å². The van der Waals surface area contributed by atoms with Crippen LogP contribution in [0.15, 0.2) is 16.7 Å². The molecule has 1 N–H and O–H groups in total. The molecule has 8 nitrogen and oxygen atoms in total. The summed E-state index contributed by atoms with van der Waals surface area (Å²) in [6, 6.07) is 3.81. The first kappa shape index (κ1) is 16.6. The summed E-state index contributed by atoms with van der Waals surface area (Å²) in [5.41, 5.74) is 3.32. The van der Waals surface area contributed by atoms with Crippen molar-refractivity contribution in [2.45, 2.75) is 44.4 Å². The molecular weight excluding hydrogens is 364 g/mol. The van der Waals surface area contributed by atoms with Crippen LogP contribution < -0.4 is 0 Å². The highest BCUT2D eigenvalue weighted by Crippen LogP contribution is 2.39. The third kappa shape index (κ3) is 3.16. The number of piperidine rings is 1. The lowest BCUT2D eigenvalue weighted by atomic mass is 9.93. The number of hydrogen-bond acceptors (Lipinski definition) is 7. The van der Waals surface area contributed by atoms with Gasteiger partial charge in [0.15, 0.2) is 5.76 Å². The van der Waals surface area contributed by atoms with E-state index in [1.165, 1.54) is 24.4 Å². The Bertz CT molecular complexity index is 972. The zero-order valence-corrected chi connectivity index (χ0v) is 15.8. The number of H-pyrrole nitrogens is 1. The van der Waals surface area contributed by atoms with Crippen molar-refractivity contribution in [1.82, 2.24) is 29.8 Å². The summed E-state index contributed by atoms with van der Waals surface area (Å²) < 4.78 is 9.52. The second-order valence-corrected chi connectivity index (χ2v) is 8.15. The minimum atomic E-state index is -0.0110. The van der Waals surface area contributed by atoms with Crippen LogP contribution in [0.2, 0.25) is 0 Å². The third-order valence-corrected chi connectivity index (χ3v) is 6.05. The van der Waals surface area contributed by atoms with E-state index in [0.29, 0.717) is 23.9 Å². The summed E-state index contributed by atoms with van der Waals surface area (Å²) in [7, 11) is 0. The van der Waals surface area contributed by atoms with Crippen LogP contribution in [0.4, 0.5) is 0 Å². The standard InChI is InChI=1S/C18H20N6O2S/c1-10-7-15(26-22-10)17-16(21-23-27-17)12-3-2-6-24(9-12)18(25)14-8-13(19-20-14)11-4-5-11/h7-8,11-12H,2-6,9H2,1H3,(H,19,20)/t12-/m1/s1. The van der Waals surface area contributed by atoms with Crippen LogP contribution in [0.1, 0.15) is 65.1 Å². The highest BCUT2D eigenvalue weighted by Gasteiger charge is 2.32. The highest BCUT2D eigenvalue weighted by atomic mass is 32.1. The first-order valence-electron chi connectivity index (χ1n) is 9.29. The van der Waals surface area contributed by atoms with Gasteiger partial charge in [-0.25, -0.2) is 0 Å². The summed E-state index contributed by atoms with van der Waals surface area (Å²) in [5.74, 6) is 1.39. The molecule has 1 aliphatic heterocycles. The zero-order valence-electron chi connectivity index (χ0n) is 15.0. The summed E-state index contributed by atoms with van der Waals surface area (Å²) in [5, 5.41) is 15.6. The Morgan fingerprint density at radius 2 is 2.19 bits per heavy atom. The number of rotatable bonds is 4. The van der Waals surface area contributed by atoms with Gasteiger partial charge in [0.25, 0.3) is 5.91 Å². The largest absolute Gasteiger partial charge is 0.355 e. The maximum Gasteiger partial charge on any atom is 0.274 e. The molecule has 0 unspecified atom stereocenters. The maximum absolute atomic E-state index is 12.9. The number of aromatic nitrogens is 5. The summed E-state index contributed by atoms with van der Waals surface area (Å²) in [4.78, 5) is 15.7. The minimum absolute atomic E-state index is 0.0110. The molecule has 140 valence electrons. The smallest absolute Gasteiger partial charge is 0.274 e. The van der Waals surface area contributed by atoms with E-state index >= 15 is 0 Å². The fourth-order valence-electron chi connectivity index (χ4n) is 3.70. The van der Waals surface area contributed by atoms with Crippen molar-refractivity contribution < 1.29 is 9.32 Å². The number of carbonyl (C=O) groups excluding carboxylic acids is 1. The fraction of sp³-hybridized carbons (Fsp3) is 0.500. The van der Waals surface area contributed by atoms with E-state index in [0.717, 1.165) is 41.3 Å². The Balaban J connectivity index is 1.35. The van der Waals surface area contributed by atoms with Gasteiger partial charge < -0.3 is 9.42 Å². The van der Waals surface area contributed by atoms with Crippen molar-refractivity contribution >= 4 is 17.4 Å². The Hall–Kier alpha value is -2.55. The monoisotopic (exact) mass is 384 g/mol. The molecule has 1 amide bonds. The average Bonchev–Trinajstić information content (AvgIpc) is 3.10. The molecule has 4 heterocycles. The van der Waals surface area contributed by atoms with Crippen LogP contribution in [0.3, 0.4) is 0 Å². The Morgan fingerprint density at radius 3 is 2.96 bits per heavy atom. The van der Waals surface area contributed by atoms with Gasteiger partial charge in [-0.3, -0.25) is 9.89 Å². The lowest BCUT2D eigenvalue weighted by Gasteiger charge is -2.31. The summed E-state index contributed by atoms with van der Waals surface area (Å²) >= 11 is 1.31. The van der Waals surface area contributed by atoms with E-state index in [1.807, 2.05) is 24.0 Å². The van der Waals surface area contributed by atoms with Crippen molar-refractivity contribution in [3.63, 3.8) is 0 Å². The molecule has 0 bridgehead atoms. The zero-order chi connectivity index (χ0) is 18.4. The predicted molar refractivity (Wildman–Crippen MR) is 98.6 cm³/mol. The van der Waals surface area contributed by atoms with Gasteiger partial charge in [-0.1, -0.05) is 9.64 Å². The molecule has 1 atom stereocenters. The average molecular weight is 384 g/mol. The lowest BCUT2D eigenvalue weighted by molar-refractivity contribution is 0.0700. The first-order chi connectivity index (χ1) is 13.2. The molecular formula is C18H20N6O2S. The quantitative estimate of drug-likeness (QED) is 0.742. The number of hydrogen-bond donors (Lipinski definition) is 1. The maximum atomic E-state index is 12.9. The molecule has 2 aliphatic rings. The van der Waals surface area contributed by atoms with Crippen LogP contribution in [0, 0.1) is 6.92 Å². The molecule has 1 aliphatic carbocycles. The lowest BCUT2D eigenvalue weighted by Crippen LogP contribution is -2.39. The molecule has 5 rings (SSSR count). The molecule has 0 aromatic carbocycles.